The first-order valence-electron chi connectivity index (χ1n) is 3.27. The minimum Gasteiger partial charge on any atom is -0.443 e. The molecular formula is C8H6N2O. The summed E-state index contributed by atoms with van der Waals surface area (Å²) in [4.78, 5) is 7.79. The molecule has 0 atom stereocenters. The van der Waals surface area contributed by atoms with E-state index in [2.05, 4.69) is 9.98 Å². The van der Waals surface area contributed by atoms with Crippen molar-refractivity contribution in [2.24, 2.45) is 9.98 Å². The summed E-state index contributed by atoms with van der Waals surface area (Å²) in [5.74, 6) is 0.741. The Labute approximate surface area is 64.1 Å². The maximum Gasteiger partial charge on any atom is 0.182 e. The van der Waals surface area contributed by atoms with Gasteiger partial charge in [-0.15, -0.1) is 0 Å². The third-order valence-corrected chi connectivity index (χ3v) is 1.37. The van der Waals surface area contributed by atoms with Gasteiger partial charge in [0.2, 0.25) is 0 Å². The van der Waals surface area contributed by atoms with Crippen LogP contribution >= 0.6 is 0 Å². The van der Waals surface area contributed by atoms with E-state index in [0.29, 0.717) is 0 Å². The van der Waals surface area contributed by atoms with Crippen molar-refractivity contribution in [1.82, 2.24) is 0 Å². The van der Waals surface area contributed by atoms with E-state index < -0.39 is 0 Å². The van der Waals surface area contributed by atoms with E-state index in [9.17, 15) is 0 Å². The highest BCUT2D eigenvalue weighted by molar-refractivity contribution is 5.76. The first kappa shape index (κ1) is 6.09. The first-order valence-corrected chi connectivity index (χ1v) is 3.27. The van der Waals surface area contributed by atoms with Gasteiger partial charge in [-0.1, -0.05) is 12.1 Å². The summed E-state index contributed by atoms with van der Waals surface area (Å²) in [5, 5.41) is 0. The highest BCUT2D eigenvalue weighted by atomic mass is 16.5. The summed E-state index contributed by atoms with van der Waals surface area (Å²) in [6, 6.07) is 7.53. The number of para-hydroxylation sites is 2. The van der Waals surface area contributed by atoms with Gasteiger partial charge in [0, 0.05) is 0 Å². The van der Waals surface area contributed by atoms with Crippen LogP contribution in [-0.2, 0) is 0 Å². The van der Waals surface area contributed by atoms with Crippen LogP contribution < -0.4 is 4.74 Å². The molecule has 0 spiro atoms. The van der Waals surface area contributed by atoms with Crippen LogP contribution in [0.5, 0.6) is 5.75 Å². The van der Waals surface area contributed by atoms with E-state index in [4.69, 9.17) is 4.74 Å². The van der Waals surface area contributed by atoms with E-state index in [0.717, 1.165) is 11.4 Å². The molecule has 1 aromatic carbocycles. The number of fused-ring (bicyclic) bond motifs is 1. The van der Waals surface area contributed by atoms with Gasteiger partial charge in [0.25, 0.3) is 0 Å². The molecule has 0 aliphatic carbocycles. The van der Waals surface area contributed by atoms with Crippen LogP contribution in [0, 0.1) is 0 Å². The number of aliphatic imine (C=N–C) groups is 2. The van der Waals surface area contributed by atoms with E-state index in [1.807, 2.05) is 24.3 Å². The molecule has 1 aliphatic rings. The molecule has 0 amide bonds. The van der Waals surface area contributed by atoms with E-state index in [-0.39, 0.29) is 0 Å². The number of hydrogen-bond donors (Lipinski definition) is 0. The average Bonchev–Trinajstić information content (AvgIpc) is 2.28. The fourth-order valence-electron chi connectivity index (χ4n) is 0.873. The molecule has 54 valence electrons. The predicted octanol–water partition coefficient (Wildman–Crippen LogP) is 1.77. The molecule has 1 heterocycles. The van der Waals surface area contributed by atoms with Crippen LogP contribution in [0.25, 0.3) is 0 Å². The summed E-state index contributed by atoms with van der Waals surface area (Å²) < 4.78 is 5.13. The molecule has 11 heavy (non-hydrogen) atoms. The molecule has 1 aromatic rings. The van der Waals surface area contributed by atoms with Crippen molar-refractivity contribution in [2.75, 3.05) is 0 Å². The molecule has 1 aliphatic heterocycles. The Morgan fingerprint density at radius 2 is 2.09 bits per heavy atom. The van der Waals surface area contributed by atoms with Crippen molar-refractivity contribution < 1.29 is 4.74 Å². The van der Waals surface area contributed by atoms with Crippen LogP contribution in [0.2, 0.25) is 0 Å². The zero-order valence-corrected chi connectivity index (χ0v) is 5.77. The van der Waals surface area contributed by atoms with E-state index in [1.54, 1.807) is 0 Å². The molecule has 0 fully saturated rings. The van der Waals surface area contributed by atoms with Gasteiger partial charge < -0.3 is 4.74 Å². The third kappa shape index (κ3) is 1.12. The summed E-state index contributed by atoms with van der Waals surface area (Å²) >= 11 is 0. The number of benzene rings is 1. The van der Waals surface area contributed by atoms with Crippen LogP contribution in [0.3, 0.4) is 0 Å². The van der Waals surface area contributed by atoms with Crippen molar-refractivity contribution in [3.05, 3.63) is 24.3 Å². The third-order valence-electron chi connectivity index (χ3n) is 1.37. The number of nitrogens with zero attached hydrogens (tertiary/aromatic N) is 2. The normalized spacial score (nSPS) is 13.5. The van der Waals surface area contributed by atoms with Crippen molar-refractivity contribution in [2.45, 2.75) is 0 Å². The summed E-state index contributed by atoms with van der Waals surface area (Å²) in [7, 11) is 0. The van der Waals surface area contributed by atoms with Gasteiger partial charge in [-0.2, -0.15) is 0 Å². The van der Waals surface area contributed by atoms with Crippen LogP contribution in [0.15, 0.2) is 34.3 Å². The maximum absolute atomic E-state index is 5.13. The first-order chi connectivity index (χ1) is 5.47. The minimum absolute atomic E-state index is 0.741. The van der Waals surface area contributed by atoms with E-state index in [1.165, 1.54) is 12.7 Å². The second kappa shape index (κ2) is 2.54. The minimum atomic E-state index is 0.741. The molecule has 0 saturated heterocycles. The SMILES string of the molecule is C1=NC=Nc2ccccc2O1. The topological polar surface area (TPSA) is 34.0 Å². The molecule has 0 bridgehead atoms. The van der Waals surface area contributed by atoms with Crippen molar-refractivity contribution >= 4 is 18.4 Å². The number of ether oxygens (including phenoxy) is 1. The fourth-order valence-corrected chi connectivity index (χ4v) is 0.873. The van der Waals surface area contributed by atoms with Crippen molar-refractivity contribution in [3.8, 4) is 5.75 Å². The highest BCUT2D eigenvalue weighted by Crippen LogP contribution is 2.26. The molecule has 0 N–H and O–H groups in total. The van der Waals surface area contributed by atoms with Crippen LogP contribution in [0.4, 0.5) is 5.69 Å². The Kier molecular flexibility index (Phi) is 1.41. The van der Waals surface area contributed by atoms with Gasteiger partial charge in [-0.25, -0.2) is 9.98 Å². The second-order valence-electron chi connectivity index (χ2n) is 2.08. The predicted molar refractivity (Wildman–Crippen MR) is 43.7 cm³/mol. The lowest BCUT2D eigenvalue weighted by Gasteiger charge is -1.98. The zero-order valence-electron chi connectivity index (χ0n) is 5.77. The maximum atomic E-state index is 5.13. The lowest BCUT2D eigenvalue weighted by Crippen LogP contribution is -1.86. The Bertz CT molecular complexity index is 318. The smallest absolute Gasteiger partial charge is 0.182 e. The van der Waals surface area contributed by atoms with Gasteiger partial charge in [0.15, 0.2) is 12.2 Å². The van der Waals surface area contributed by atoms with Gasteiger partial charge in [0.1, 0.15) is 12.0 Å². The Hall–Kier alpha value is -1.64. The van der Waals surface area contributed by atoms with Crippen molar-refractivity contribution in [3.63, 3.8) is 0 Å². The summed E-state index contributed by atoms with van der Waals surface area (Å²) in [5.41, 5.74) is 0.810. The molecule has 0 saturated carbocycles. The highest BCUT2D eigenvalue weighted by Gasteiger charge is 1.99. The Balaban J connectivity index is 2.52. The fraction of sp³-hybridized carbons (Fsp3) is 0. The molecule has 0 radical (unpaired) electrons. The molecule has 0 unspecified atom stereocenters. The lowest BCUT2D eigenvalue weighted by atomic mass is 10.3. The second-order valence-corrected chi connectivity index (χ2v) is 2.08. The van der Waals surface area contributed by atoms with Crippen LogP contribution in [0.1, 0.15) is 0 Å². The Morgan fingerprint density at radius 3 is 3.09 bits per heavy atom. The van der Waals surface area contributed by atoms with E-state index >= 15 is 0 Å². The molecule has 0 aromatic heterocycles. The summed E-state index contributed by atoms with van der Waals surface area (Å²) in [6.45, 7) is 0. The van der Waals surface area contributed by atoms with Gasteiger partial charge in [-0.3, -0.25) is 0 Å². The average molecular weight is 146 g/mol. The van der Waals surface area contributed by atoms with Gasteiger partial charge in [0.05, 0.1) is 0 Å². The summed E-state index contributed by atoms with van der Waals surface area (Å²) in [6.07, 6.45) is 2.83. The van der Waals surface area contributed by atoms with Gasteiger partial charge >= 0.3 is 0 Å². The monoisotopic (exact) mass is 146 g/mol. The largest absolute Gasteiger partial charge is 0.443 e. The van der Waals surface area contributed by atoms with Crippen molar-refractivity contribution in [1.29, 1.82) is 0 Å². The Morgan fingerprint density at radius 1 is 1.18 bits per heavy atom. The lowest BCUT2D eigenvalue weighted by molar-refractivity contribution is 0.578. The van der Waals surface area contributed by atoms with Gasteiger partial charge in [-0.05, 0) is 12.1 Å². The molecule has 3 nitrogen and oxygen atoms in total. The quantitative estimate of drug-likeness (QED) is 0.549. The zero-order chi connectivity index (χ0) is 7.52. The standard InChI is InChI=1S/C8H6N2O/c1-2-4-8-7(3-1)10-5-9-6-11-8/h1-6H. The molecule has 3 heteroatoms. The number of hydrogen-bond acceptors (Lipinski definition) is 3. The van der Waals surface area contributed by atoms with Crippen LogP contribution in [-0.4, -0.2) is 12.7 Å². The molecular weight excluding hydrogens is 140 g/mol. The number of rotatable bonds is 0. The molecule has 2 rings (SSSR count).